The molecule has 0 saturated heterocycles. The smallest absolute Gasteiger partial charge is 0.159 e. The molecule has 1 atom stereocenters. The van der Waals surface area contributed by atoms with Crippen molar-refractivity contribution >= 4 is 19.5 Å². The number of allylic oxidation sites excluding steroid dienone is 1. The summed E-state index contributed by atoms with van der Waals surface area (Å²) < 4.78 is 0. The van der Waals surface area contributed by atoms with E-state index in [0.717, 1.165) is 17.7 Å². The van der Waals surface area contributed by atoms with Gasteiger partial charge in [-0.15, -0.1) is 0 Å². The Kier molecular flexibility index (Phi) is 5.40. The predicted octanol–water partition coefficient (Wildman–Crippen LogP) is 1.62. The molecule has 0 bridgehead atoms. The highest BCUT2D eigenvalue weighted by Gasteiger charge is 2.03. The summed E-state index contributed by atoms with van der Waals surface area (Å²) in [6.07, 6.45) is 8.16. The van der Waals surface area contributed by atoms with Gasteiger partial charge in [-0.2, -0.15) is 0 Å². The van der Waals surface area contributed by atoms with Crippen LogP contribution in [-0.4, -0.2) is 30.1 Å². The van der Waals surface area contributed by atoms with Gasteiger partial charge in [0.1, 0.15) is 7.85 Å². The normalized spacial score (nSPS) is 12.4. The monoisotopic (exact) mass is 276 g/mol. The van der Waals surface area contributed by atoms with Crippen molar-refractivity contribution in [3.05, 3.63) is 54.4 Å². The molecular weight excluding hydrogens is 259 g/mol. The van der Waals surface area contributed by atoms with Gasteiger partial charge >= 0.3 is 0 Å². The molecule has 1 aromatic heterocycles. The second kappa shape index (κ2) is 7.50. The minimum atomic E-state index is 0.211. The van der Waals surface area contributed by atoms with E-state index in [2.05, 4.69) is 27.4 Å². The maximum Gasteiger partial charge on any atom is 0.159 e. The standard InChI is InChI=1S/C16H17BN4/c1-12(4-3-7-18)19-9-13-5-2-6-14(8-13)16-20-10-15(17)11-21-16/h2-8,10-12,18-19H,9H2,1H3/b4-3-,18-7?. The number of nitrogens with one attached hydrogen (secondary N) is 2. The summed E-state index contributed by atoms with van der Waals surface area (Å²) in [6, 6.07) is 8.30. The van der Waals surface area contributed by atoms with Crippen LogP contribution in [0.3, 0.4) is 0 Å². The molecule has 2 rings (SSSR count). The second-order valence-corrected chi connectivity index (χ2v) is 4.76. The topological polar surface area (TPSA) is 61.7 Å². The van der Waals surface area contributed by atoms with Crippen LogP contribution in [0.5, 0.6) is 0 Å². The van der Waals surface area contributed by atoms with Gasteiger partial charge in [0, 0.05) is 36.8 Å². The van der Waals surface area contributed by atoms with Crippen LogP contribution in [0.25, 0.3) is 11.4 Å². The molecule has 1 unspecified atom stereocenters. The van der Waals surface area contributed by atoms with Crippen LogP contribution in [-0.2, 0) is 6.54 Å². The Morgan fingerprint density at radius 1 is 1.33 bits per heavy atom. The number of rotatable bonds is 6. The van der Waals surface area contributed by atoms with E-state index >= 15 is 0 Å². The zero-order valence-corrected chi connectivity index (χ0v) is 12.0. The van der Waals surface area contributed by atoms with Crippen molar-refractivity contribution in [2.24, 2.45) is 0 Å². The molecule has 0 spiro atoms. The van der Waals surface area contributed by atoms with Crippen molar-refractivity contribution in [2.75, 3.05) is 0 Å². The minimum absolute atomic E-state index is 0.211. The van der Waals surface area contributed by atoms with Gasteiger partial charge in [0.25, 0.3) is 0 Å². The Balaban J connectivity index is 2.05. The molecule has 4 nitrogen and oxygen atoms in total. The fraction of sp³-hybridized carbons (Fsp3) is 0.188. The van der Waals surface area contributed by atoms with E-state index in [-0.39, 0.29) is 6.04 Å². The fourth-order valence-corrected chi connectivity index (χ4v) is 1.88. The summed E-state index contributed by atoms with van der Waals surface area (Å²) >= 11 is 0. The van der Waals surface area contributed by atoms with E-state index in [1.807, 2.05) is 25.1 Å². The van der Waals surface area contributed by atoms with Crippen LogP contribution in [0, 0.1) is 5.41 Å². The average molecular weight is 276 g/mol. The van der Waals surface area contributed by atoms with E-state index in [1.165, 1.54) is 6.21 Å². The lowest BCUT2D eigenvalue weighted by Crippen LogP contribution is -2.23. The first-order valence-electron chi connectivity index (χ1n) is 6.76. The van der Waals surface area contributed by atoms with Crippen molar-refractivity contribution in [3.63, 3.8) is 0 Å². The van der Waals surface area contributed by atoms with E-state index in [9.17, 15) is 0 Å². The molecule has 2 N–H and O–H groups in total. The number of hydrogen-bond acceptors (Lipinski definition) is 4. The van der Waals surface area contributed by atoms with Gasteiger partial charge in [-0.1, -0.05) is 29.7 Å². The van der Waals surface area contributed by atoms with Crippen LogP contribution < -0.4 is 10.8 Å². The zero-order chi connectivity index (χ0) is 15.1. The van der Waals surface area contributed by atoms with E-state index in [4.69, 9.17) is 13.3 Å². The lowest BCUT2D eigenvalue weighted by atomic mass is 10.0. The van der Waals surface area contributed by atoms with Gasteiger partial charge in [-0.3, -0.25) is 0 Å². The Bertz CT molecular complexity index is 622. The van der Waals surface area contributed by atoms with Crippen LogP contribution in [0.2, 0.25) is 0 Å². The summed E-state index contributed by atoms with van der Waals surface area (Å²) in [5.41, 5.74) is 2.68. The summed E-state index contributed by atoms with van der Waals surface area (Å²) in [5, 5.41) is 10.3. The van der Waals surface area contributed by atoms with E-state index < -0.39 is 0 Å². The van der Waals surface area contributed by atoms with E-state index in [0.29, 0.717) is 11.3 Å². The van der Waals surface area contributed by atoms with Crippen molar-refractivity contribution < 1.29 is 0 Å². The Morgan fingerprint density at radius 3 is 2.81 bits per heavy atom. The first kappa shape index (κ1) is 15.1. The molecule has 104 valence electrons. The molecule has 5 heteroatoms. The Morgan fingerprint density at radius 2 is 2.10 bits per heavy atom. The number of hydrogen-bond donors (Lipinski definition) is 2. The molecule has 0 aliphatic rings. The zero-order valence-electron chi connectivity index (χ0n) is 12.0. The summed E-state index contributed by atoms with van der Waals surface area (Å²) in [4.78, 5) is 8.47. The molecule has 2 radical (unpaired) electrons. The Labute approximate surface area is 126 Å². The quantitative estimate of drug-likeness (QED) is 0.622. The molecule has 1 heterocycles. The molecule has 0 saturated carbocycles. The lowest BCUT2D eigenvalue weighted by Gasteiger charge is -2.10. The summed E-state index contributed by atoms with van der Waals surface area (Å²) in [6.45, 7) is 2.79. The van der Waals surface area contributed by atoms with Gasteiger partial charge in [-0.05, 0) is 24.6 Å². The van der Waals surface area contributed by atoms with Crippen molar-refractivity contribution in [1.82, 2.24) is 15.3 Å². The molecule has 1 aromatic carbocycles. The Hall–Kier alpha value is -2.27. The van der Waals surface area contributed by atoms with Crippen molar-refractivity contribution in [3.8, 4) is 11.4 Å². The van der Waals surface area contributed by atoms with Gasteiger partial charge in [0.15, 0.2) is 5.82 Å². The second-order valence-electron chi connectivity index (χ2n) is 4.76. The third kappa shape index (κ3) is 4.65. The third-order valence-electron chi connectivity index (χ3n) is 2.98. The van der Waals surface area contributed by atoms with E-state index in [1.54, 1.807) is 18.5 Å². The fourth-order valence-electron chi connectivity index (χ4n) is 1.88. The van der Waals surface area contributed by atoms with Gasteiger partial charge in [0.05, 0.1) is 0 Å². The van der Waals surface area contributed by atoms with Gasteiger partial charge in [-0.25, -0.2) is 9.97 Å². The summed E-state index contributed by atoms with van der Waals surface area (Å²) in [7, 11) is 5.60. The summed E-state index contributed by atoms with van der Waals surface area (Å²) in [5.74, 6) is 0.669. The highest BCUT2D eigenvalue weighted by Crippen LogP contribution is 2.15. The number of nitrogens with zero attached hydrogens (tertiary/aromatic N) is 2. The average Bonchev–Trinajstić information content (AvgIpc) is 2.52. The third-order valence-corrected chi connectivity index (χ3v) is 2.98. The molecule has 0 aliphatic carbocycles. The maximum atomic E-state index is 6.97. The predicted molar refractivity (Wildman–Crippen MR) is 87.1 cm³/mol. The van der Waals surface area contributed by atoms with Crippen molar-refractivity contribution in [1.29, 1.82) is 5.41 Å². The first-order valence-corrected chi connectivity index (χ1v) is 6.76. The molecule has 0 amide bonds. The highest BCUT2D eigenvalue weighted by atomic mass is 14.9. The molecule has 2 aromatic rings. The lowest BCUT2D eigenvalue weighted by molar-refractivity contribution is 0.634. The van der Waals surface area contributed by atoms with Gasteiger partial charge in [0.2, 0.25) is 0 Å². The number of benzene rings is 1. The highest BCUT2D eigenvalue weighted by molar-refractivity contribution is 6.31. The molecule has 0 fully saturated rings. The molecular formula is C16H17BN4. The minimum Gasteiger partial charge on any atom is -0.309 e. The van der Waals surface area contributed by atoms with Crippen LogP contribution in [0.4, 0.5) is 0 Å². The van der Waals surface area contributed by atoms with Crippen LogP contribution in [0.1, 0.15) is 12.5 Å². The maximum absolute atomic E-state index is 6.97. The number of aromatic nitrogens is 2. The van der Waals surface area contributed by atoms with Crippen LogP contribution in [0.15, 0.2) is 48.8 Å². The first-order chi connectivity index (χ1) is 10.2. The molecule has 21 heavy (non-hydrogen) atoms. The SMILES string of the molecule is [B]c1cnc(-c2cccc(CNC(C)/C=C\C=N)c2)nc1. The van der Waals surface area contributed by atoms with Crippen molar-refractivity contribution in [2.45, 2.75) is 19.5 Å². The van der Waals surface area contributed by atoms with Gasteiger partial charge < -0.3 is 10.7 Å². The largest absolute Gasteiger partial charge is 0.309 e. The molecule has 0 aliphatic heterocycles. The van der Waals surface area contributed by atoms with Crippen LogP contribution >= 0.6 is 0 Å².